The van der Waals surface area contributed by atoms with E-state index < -0.39 is 12.2 Å². The van der Waals surface area contributed by atoms with Crippen LogP contribution in [0.25, 0.3) is 11.4 Å². The maximum Gasteiger partial charge on any atom is 0.115 e. The highest BCUT2D eigenvalue weighted by atomic mass is 16.5. The Kier molecular flexibility index (Phi) is 3.11. The van der Waals surface area contributed by atoms with Crippen LogP contribution in [0, 0.1) is 0 Å². The summed E-state index contributed by atoms with van der Waals surface area (Å²) in [5.74, 6) is 0. The van der Waals surface area contributed by atoms with Crippen molar-refractivity contribution in [1.29, 1.82) is 0 Å². The minimum Gasteiger partial charge on any atom is -0.385 e. The van der Waals surface area contributed by atoms with Gasteiger partial charge in [0, 0.05) is 23.5 Å². The van der Waals surface area contributed by atoms with Gasteiger partial charge in [0.2, 0.25) is 0 Å². The van der Waals surface area contributed by atoms with Gasteiger partial charge in [-0.3, -0.25) is 9.97 Å². The Morgan fingerprint density at radius 2 is 1.79 bits per heavy atom. The minimum absolute atomic E-state index is 0.381. The fourth-order valence-electron chi connectivity index (χ4n) is 2.39. The molecule has 0 saturated carbocycles. The van der Waals surface area contributed by atoms with Crippen LogP contribution in [-0.2, 0) is 4.74 Å². The lowest BCUT2D eigenvalue weighted by Gasteiger charge is -2.30. The lowest BCUT2D eigenvalue weighted by atomic mass is 9.88. The second kappa shape index (κ2) is 4.91. The minimum atomic E-state index is -0.736. The first kappa shape index (κ1) is 12.0. The zero-order chi connectivity index (χ0) is 13.2. The molecule has 0 unspecified atom stereocenters. The molecule has 2 aromatic rings. The van der Waals surface area contributed by atoms with Gasteiger partial charge in [0.25, 0.3) is 0 Å². The quantitative estimate of drug-likeness (QED) is 0.855. The van der Waals surface area contributed by atoms with E-state index in [1.807, 2.05) is 18.2 Å². The summed E-state index contributed by atoms with van der Waals surface area (Å²) >= 11 is 0. The smallest absolute Gasteiger partial charge is 0.115 e. The maximum atomic E-state index is 10.5. The van der Waals surface area contributed by atoms with E-state index in [0.29, 0.717) is 6.61 Å². The van der Waals surface area contributed by atoms with Gasteiger partial charge in [-0.1, -0.05) is 18.2 Å². The van der Waals surface area contributed by atoms with E-state index in [1.165, 1.54) is 0 Å². The molecule has 3 rings (SSSR count). The lowest BCUT2D eigenvalue weighted by Crippen LogP contribution is -2.21. The topological polar surface area (TPSA) is 55.2 Å². The predicted octanol–water partition coefficient (Wildman–Crippen LogP) is 2.43. The average Bonchev–Trinajstić information content (AvgIpc) is 2.47. The molecular weight excluding hydrogens is 240 g/mol. The summed E-state index contributed by atoms with van der Waals surface area (Å²) < 4.78 is 5.69. The van der Waals surface area contributed by atoms with E-state index in [1.54, 1.807) is 24.5 Å². The van der Waals surface area contributed by atoms with Gasteiger partial charge < -0.3 is 9.84 Å². The molecule has 1 aliphatic rings. The van der Waals surface area contributed by atoms with Gasteiger partial charge in [-0.15, -0.1) is 6.58 Å². The number of fused-ring (bicyclic) bond motifs is 3. The number of ether oxygens (including phenoxy) is 1. The highest BCUT2D eigenvalue weighted by molar-refractivity contribution is 5.67. The molecule has 0 aromatic carbocycles. The van der Waals surface area contributed by atoms with Crippen molar-refractivity contribution in [3.8, 4) is 11.4 Å². The maximum absolute atomic E-state index is 10.5. The third-order valence-corrected chi connectivity index (χ3v) is 3.21. The van der Waals surface area contributed by atoms with Crippen molar-refractivity contribution in [2.75, 3.05) is 6.61 Å². The Morgan fingerprint density at radius 3 is 2.47 bits per heavy atom. The average molecular weight is 254 g/mol. The summed E-state index contributed by atoms with van der Waals surface area (Å²) in [6, 6.07) is 7.41. The molecule has 19 heavy (non-hydrogen) atoms. The molecule has 4 heteroatoms. The number of rotatable bonds is 3. The number of aliphatic hydroxyl groups is 1. The van der Waals surface area contributed by atoms with Gasteiger partial charge in [0.1, 0.15) is 12.2 Å². The van der Waals surface area contributed by atoms with E-state index in [9.17, 15) is 5.11 Å². The fourth-order valence-corrected chi connectivity index (χ4v) is 2.39. The van der Waals surface area contributed by atoms with Crippen molar-refractivity contribution in [2.45, 2.75) is 12.2 Å². The predicted molar refractivity (Wildman–Crippen MR) is 71.3 cm³/mol. The lowest BCUT2D eigenvalue weighted by molar-refractivity contribution is -0.0316. The molecule has 0 spiro atoms. The van der Waals surface area contributed by atoms with E-state index in [0.717, 1.165) is 22.5 Å². The summed E-state index contributed by atoms with van der Waals surface area (Å²) in [4.78, 5) is 8.70. The molecule has 0 amide bonds. The van der Waals surface area contributed by atoms with Crippen molar-refractivity contribution >= 4 is 0 Å². The summed E-state index contributed by atoms with van der Waals surface area (Å²) in [5.41, 5.74) is 3.12. The second-order valence-electron chi connectivity index (χ2n) is 4.37. The van der Waals surface area contributed by atoms with Crippen molar-refractivity contribution in [3.63, 3.8) is 0 Å². The molecule has 2 aromatic heterocycles. The van der Waals surface area contributed by atoms with Gasteiger partial charge in [0.15, 0.2) is 0 Å². The number of nitrogens with zero attached hydrogens (tertiary/aromatic N) is 2. The molecule has 0 aliphatic heterocycles. The number of aromatic nitrogens is 2. The van der Waals surface area contributed by atoms with E-state index >= 15 is 0 Å². The van der Waals surface area contributed by atoms with Crippen LogP contribution >= 0.6 is 0 Å². The molecule has 96 valence electrons. The molecule has 2 atom stereocenters. The van der Waals surface area contributed by atoms with E-state index in [2.05, 4.69) is 16.5 Å². The van der Waals surface area contributed by atoms with Gasteiger partial charge in [-0.25, -0.2) is 0 Å². The number of hydrogen-bond acceptors (Lipinski definition) is 4. The van der Waals surface area contributed by atoms with E-state index in [-0.39, 0.29) is 0 Å². The van der Waals surface area contributed by atoms with Gasteiger partial charge in [-0.2, -0.15) is 0 Å². The molecule has 0 bridgehead atoms. The van der Waals surface area contributed by atoms with Gasteiger partial charge in [0.05, 0.1) is 18.0 Å². The zero-order valence-electron chi connectivity index (χ0n) is 10.4. The van der Waals surface area contributed by atoms with Gasteiger partial charge >= 0.3 is 0 Å². The first-order valence-electron chi connectivity index (χ1n) is 6.13. The second-order valence-corrected chi connectivity index (χ2v) is 4.37. The van der Waals surface area contributed by atoms with Crippen molar-refractivity contribution in [3.05, 3.63) is 60.4 Å². The van der Waals surface area contributed by atoms with Crippen LogP contribution in [0.3, 0.4) is 0 Å². The molecule has 0 radical (unpaired) electrons. The summed E-state index contributed by atoms with van der Waals surface area (Å²) in [5, 5.41) is 10.5. The van der Waals surface area contributed by atoms with Crippen LogP contribution in [0.1, 0.15) is 23.3 Å². The standard InChI is InChI=1S/C15H14N2O2/c1-2-9-19-15-11-6-4-8-17-13(11)12-10(14(15)18)5-3-7-16-12/h2-8,14-15,18H,1,9H2/t14-,15-/m1/s1. The number of pyridine rings is 2. The van der Waals surface area contributed by atoms with Crippen LogP contribution in [0.15, 0.2) is 49.3 Å². The molecule has 1 aliphatic carbocycles. The van der Waals surface area contributed by atoms with Crippen LogP contribution in [-0.4, -0.2) is 21.7 Å². The summed E-state index contributed by atoms with van der Waals surface area (Å²) in [6.45, 7) is 4.02. The highest BCUT2D eigenvalue weighted by Gasteiger charge is 2.34. The molecule has 1 N–H and O–H groups in total. The zero-order valence-corrected chi connectivity index (χ0v) is 10.4. The monoisotopic (exact) mass is 254 g/mol. The molecule has 0 fully saturated rings. The Labute approximate surface area is 111 Å². The van der Waals surface area contributed by atoms with Crippen LogP contribution in [0.5, 0.6) is 0 Å². The summed E-state index contributed by atoms with van der Waals surface area (Å²) in [6.07, 6.45) is 3.93. The largest absolute Gasteiger partial charge is 0.385 e. The van der Waals surface area contributed by atoms with Crippen molar-refractivity contribution in [1.82, 2.24) is 9.97 Å². The van der Waals surface area contributed by atoms with Crippen LogP contribution in [0.2, 0.25) is 0 Å². The Bertz CT molecular complexity index is 613. The van der Waals surface area contributed by atoms with Crippen molar-refractivity contribution < 1.29 is 9.84 Å². The summed E-state index contributed by atoms with van der Waals surface area (Å²) in [7, 11) is 0. The van der Waals surface area contributed by atoms with Crippen LogP contribution < -0.4 is 0 Å². The number of hydrogen-bond donors (Lipinski definition) is 1. The molecule has 0 saturated heterocycles. The normalized spacial score (nSPS) is 20.5. The first-order valence-corrected chi connectivity index (χ1v) is 6.13. The third kappa shape index (κ3) is 1.95. The number of aliphatic hydroxyl groups excluding tert-OH is 1. The SMILES string of the molecule is C=CCO[C@@H]1c2cccnc2-c2ncccc2[C@H]1O. The Balaban J connectivity index is 2.14. The molecule has 2 heterocycles. The Hall–Kier alpha value is -2.04. The Morgan fingerprint density at radius 1 is 1.16 bits per heavy atom. The van der Waals surface area contributed by atoms with E-state index in [4.69, 9.17) is 4.74 Å². The van der Waals surface area contributed by atoms with Crippen LogP contribution in [0.4, 0.5) is 0 Å². The first-order chi connectivity index (χ1) is 9.33. The van der Waals surface area contributed by atoms with Gasteiger partial charge in [-0.05, 0) is 12.1 Å². The fraction of sp³-hybridized carbons (Fsp3) is 0.200. The van der Waals surface area contributed by atoms with Crippen molar-refractivity contribution in [2.24, 2.45) is 0 Å². The molecular formula is C15H14N2O2. The molecule has 4 nitrogen and oxygen atoms in total. The highest BCUT2D eigenvalue weighted by Crippen LogP contribution is 2.43. The third-order valence-electron chi connectivity index (χ3n) is 3.21.